The molecule has 4 aliphatic heterocycles. The zero-order valence-corrected chi connectivity index (χ0v) is 33.7. The first-order chi connectivity index (χ1) is 26.1. The molecule has 5 aliphatic rings. The molecule has 296 valence electrons. The number of phosphoric acid groups is 1. The number of ether oxygens (including phenoxy) is 9. The molecule has 2 saturated heterocycles. The van der Waals surface area contributed by atoms with Crippen LogP contribution in [0.4, 0.5) is 0 Å². The van der Waals surface area contributed by atoms with Gasteiger partial charge in [-0.1, -0.05) is 31.5 Å². The average molecular weight is 789 g/mol. The first-order valence-corrected chi connectivity index (χ1v) is 20.2. The van der Waals surface area contributed by atoms with Gasteiger partial charge in [0.2, 0.25) is 0 Å². The van der Waals surface area contributed by atoms with Gasteiger partial charge in [0.15, 0.2) is 23.5 Å². The molecule has 0 amide bonds. The van der Waals surface area contributed by atoms with E-state index in [0.717, 1.165) is 12.8 Å². The van der Waals surface area contributed by atoms with Crippen molar-refractivity contribution in [3.8, 4) is 23.0 Å². The zero-order valence-electron chi connectivity index (χ0n) is 32.8. The van der Waals surface area contributed by atoms with E-state index in [-0.39, 0.29) is 30.4 Å². The second-order valence-electron chi connectivity index (χ2n) is 15.1. The summed E-state index contributed by atoms with van der Waals surface area (Å²) in [6, 6.07) is 17.0. The van der Waals surface area contributed by atoms with Gasteiger partial charge in [0.05, 0.1) is 12.2 Å². The molecule has 0 aromatic heterocycles. The molecule has 3 aromatic carbocycles. The Hall–Kier alpha value is -2.96. The molecule has 0 radical (unpaired) electrons. The van der Waals surface area contributed by atoms with Crippen LogP contribution in [0.15, 0.2) is 60.7 Å². The fourth-order valence-electron chi connectivity index (χ4n) is 8.21. The van der Waals surface area contributed by atoms with Crippen molar-refractivity contribution >= 4 is 13.8 Å². The van der Waals surface area contributed by atoms with E-state index >= 15 is 0 Å². The molecule has 7 atom stereocenters. The van der Waals surface area contributed by atoms with Crippen LogP contribution in [-0.2, 0) is 47.8 Å². The van der Waals surface area contributed by atoms with Gasteiger partial charge in [0.1, 0.15) is 59.6 Å². The molecule has 1 saturated carbocycles. The Morgan fingerprint density at radius 1 is 0.804 bits per heavy atom. The summed E-state index contributed by atoms with van der Waals surface area (Å²) in [6.45, 7) is 13.5. The number of carbonyl (C=O) groups is 1. The number of rotatable bonds is 12. The minimum Gasteiger partial charge on any atom is -0.746 e. The molecule has 1 spiro atoms. The number of esters is 1. The smallest absolute Gasteiger partial charge is 0.746 e. The van der Waals surface area contributed by atoms with Crippen LogP contribution in [0.3, 0.4) is 0 Å². The Kier molecular flexibility index (Phi) is 11.3. The summed E-state index contributed by atoms with van der Waals surface area (Å²) in [4.78, 5) is 27.2. The van der Waals surface area contributed by atoms with Gasteiger partial charge < -0.3 is 56.6 Å². The maximum Gasteiger partial charge on any atom is 1.00 e. The molecule has 3 aromatic rings. The van der Waals surface area contributed by atoms with Crippen molar-refractivity contribution in [2.24, 2.45) is 0 Å². The van der Waals surface area contributed by atoms with Crippen LogP contribution in [-0.4, -0.2) is 73.7 Å². The van der Waals surface area contributed by atoms with Gasteiger partial charge in [0, 0.05) is 35.4 Å². The Morgan fingerprint density at radius 2 is 1.38 bits per heavy atom. The summed E-state index contributed by atoms with van der Waals surface area (Å²) in [5.74, 6) is -1.66. The molecule has 7 unspecified atom stereocenters. The van der Waals surface area contributed by atoms with Crippen LogP contribution in [0, 0.1) is 0 Å². The fourth-order valence-corrected chi connectivity index (χ4v) is 9.16. The summed E-state index contributed by atoms with van der Waals surface area (Å²) in [5.41, 5.74) is 0.733. The quantitative estimate of drug-likeness (QED) is 0.0864. The minimum absolute atomic E-state index is 0. The van der Waals surface area contributed by atoms with Crippen LogP contribution in [0.5, 0.6) is 23.0 Å². The van der Waals surface area contributed by atoms with Gasteiger partial charge in [0.25, 0.3) is 0 Å². The van der Waals surface area contributed by atoms with Crippen LogP contribution in [0.2, 0.25) is 0 Å². The SMILES string of the molecule is CCCCOc1ccc2c(c1)Oc1cc(OP(=O)([O-])OC3C4OC(C)(C)OC4C(OC(C)OCC)C4OC(C)(C)OC43)ccc1C21OC(=O)c2ccccc21.[Li+]. The number of phosphoric ester groups is 1. The van der Waals surface area contributed by atoms with Crippen molar-refractivity contribution in [2.75, 3.05) is 13.2 Å². The average Bonchev–Trinajstić information content (AvgIpc) is 3.73. The monoisotopic (exact) mass is 788 g/mol. The third kappa shape index (κ3) is 7.44. The standard InChI is InChI=1S/C40H47O14P.Li/c1-8-10-19-45-23-15-17-27-29(20-23)47-30-21-24(16-18-28(30)40(27)26-14-12-11-13-25(26)37(41)52-40)53-55(42,43)54-36-34-32(48-38(4,5)50-34)31(46-22(3)44-9-2)33-35(36)51-39(6,7)49-33;/h11-18,20-22,31-36H,8-10,19H2,1-7H3,(H,42,43);/q;+1/p-1. The first kappa shape index (κ1) is 41.2. The van der Waals surface area contributed by atoms with Gasteiger partial charge in [-0.3, -0.25) is 4.57 Å². The van der Waals surface area contributed by atoms with Crippen LogP contribution < -0.4 is 37.8 Å². The number of hydrogen-bond acceptors (Lipinski definition) is 14. The summed E-state index contributed by atoms with van der Waals surface area (Å²) < 4.78 is 81.0. The van der Waals surface area contributed by atoms with Crippen molar-refractivity contribution in [2.45, 2.75) is 121 Å². The summed E-state index contributed by atoms with van der Waals surface area (Å²) >= 11 is 0. The molecule has 8 rings (SSSR count). The van der Waals surface area contributed by atoms with Gasteiger partial charge in [-0.05, 0) is 78.3 Å². The molecule has 56 heavy (non-hydrogen) atoms. The molecule has 0 bridgehead atoms. The molecule has 14 nitrogen and oxygen atoms in total. The van der Waals surface area contributed by atoms with E-state index in [1.807, 2.05) is 31.2 Å². The summed E-state index contributed by atoms with van der Waals surface area (Å²) in [5, 5.41) is 0. The van der Waals surface area contributed by atoms with E-state index in [0.29, 0.717) is 47.0 Å². The molecule has 0 N–H and O–H groups in total. The molecule has 3 fully saturated rings. The Labute approximate surface area is 338 Å². The second kappa shape index (κ2) is 15.3. The van der Waals surface area contributed by atoms with E-state index in [2.05, 4.69) is 6.92 Å². The number of benzene rings is 3. The molecule has 4 heterocycles. The third-order valence-electron chi connectivity index (χ3n) is 10.3. The first-order valence-electron chi connectivity index (χ1n) is 18.7. The van der Waals surface area contributed by atoms with Crippen molar-refractivity contribution in [1.29, 1.82) is 0 Å². The van der Waals surface area contributed by atoms with Crippen LogP contribution in [0.1, 0.15) is 88.4 Å². The van der Waals surface area contributed by atoms with Crippen molar-refractivity contribution in [3.05, 3.63) is 82.9 Å². The maximum absolute atomic E-state index is 13.9. The minimum atomic E-state index is -5.19. The number of unbranched alkanes of at least 4 members (excludes halogenated alkanes) is 1. The maximum atomic E-state index is 13.9. The topological polar surface area (TPSA) is 159 Å². The van der Waals surface area contributed by atoms with Gasteiger partial charge >= 0.3 is 32.7 Å². The Balaban J connectivity index is 0.00000480. The molecular weight excluding hydrogens is 742 g/mol. The van der Waals surface area contributed by atoms with E-state index in [9.17, 15) is 14.3 Å². The van der Waals surface area contributed by atoms with E-state index in [1.165, 1.54) is 12.1 Å². The number of carbonyl (C=O) groups excluding carboxylic acids is 1. The Morgan fingerprint density at radius 3 is 1.98 bits per heavy atom. The predicted molar refractivity (Wildman–Crippen MR) is 192 cm³/mol. The molecule has 1 aliphatic carbocycles. The Bertz CT molecular complexity index is 1970. The molecule has 16 heteroatoms. The largest absolute Gasteiger partial charge is 1.00 e. The predicted octanol–water partition coefficient (Wildman–Crippen LogP) is 3.49. The van der Waals surface area contributed by atoms with E-state index < -0.39 is 73.9 Å². The van der Waals surface area contributed by atoms with Crippen molar-refractivity contribution < 1.29 is 84.8 Å². The van der Waals surface area contributed by atoms with E-state index in [1.54, 1.807) is 58.9 Å². The normalized spacial score (nSPS) is 30.3. The van der Waals surface area contributed by atoms with Gasteiger partial charge in [-0.25, -0.2) is 4.79 Å². The molecular formula is C40H46LiO14P. The third-order valence-corrected chi connectivity index (χ3v) is 11.2. The van der Waals surface area contributed by atoms with Crippen LogP contribution >= 0.6 is 7.82 Å². The van der Waals surface area contributed by atoms with E-state index in [4.69, 9.17) is 51.7 Å². The fraction of sp³-hybridized carbons (Fsp3) is 0.525. The van der Waals surface area contributed by atoms with Crippen molar-refractivity contribution in [3.63, 3.8) is 0 Å². The second-order valence-corrected chi connectivity index (χ2v) is 16.4. The van der Waals surface area contributed by atoms with Crippen molar-refractivity contribution in [1.82, 2.24) is 0 Å². The van der Waals surface area contributed by atoms with Gasteiger partial charge in [-0.15, -0.1) is 0 Å². The summed E-state index contributed by atoms with van der Waals surface area (Å²) in [7, 11) is -5.19. The number of fused-ring (bicyclic) bond motifs is 8. The van der Waals surface area contributed by atoms with Gasteiger partial charge in [-0.2, -0.15) is 0 Å². The zero-order chi connectivity index (χ0) is 38.9. The number of hydrogen-bond donors (Lipinski definition) is 0. The summed E-state index contributed by atoms with van der Waals surface area (Å²) in [6.07, 6.45) is -4.29. The van der Waals surface area contributed by atoms with Crippen LogP contribution in [0.25, 0.3) is 0 Å².